The molecule has 2 heterocycles. The second kappa shape index (κ2) is 8.59. The molecule has 0 spiro atoms. The molecular weight excluding hydrogens is 405 g/mol. The van der Waals surface area contributed by atoms with Gasteiger partial charge in [0.15, 0.2) is 5.82 Å². The van der Waals surface area contributed by atoms with E-state index in [2.05, 4.69) is 20.4 Å². The van der Waals surface area contributed by atoms with E-state index in [1.54, 1.807) is 0 Å². The van der Waals surface area contributed by atoms with Gasteiger partial charge in [-0.25, -0.2) is 9.37 Å². The molecular formula is C17H13ClFN7O3. The molecule has 0 amide bonds. The quantitative estimate of drug-likeness (QED) is 0.587. The Kier molecular flexibility index (Phi) is 5.96. The van der Waals surface area contributed by atoms with Crippen LogP contribution in [-0.2, 0) is 11.3 Å². The summed E-state index contributed by atoms with van der Waals surface area (Å²) in [7, 11) is 0. The van der Waals surface area contributed by atoms with Gasteiger partial charge in [-0.1, -0.05) is 11.6 Å². The van der Waals surface area contributed by atoms with Gasteiger partial charge in [-0.2, -0.15) is 10.1 Å². The second-order valence-corrected chi connectivity index (χ2v) is 6.32. The van der Waals surface area contributed by atoms with Crippen molar-refractivity contribution in [1.82, 2.24) is 25.2 Å². The first-order valence-electron chi connectivity index (χ1n) is 8.14. The highest BCUT2D eigenvalue weighted by atomic mass is 35.5. The largest absolute Gasteiger partial charge is 0.481 e. The first-order valence-corrected chi connectivity index (χ1v) is 8.52. The van der Waals surface area contributed by atoms with Gasteiger partial charge in [0.05, 0.1) is 23.6 Å². The molecule has 0 saturated carbocycles. The molecule has 0 saturated heterocycles. The summed E-state index contributed by atoms with van der Waals surface area (Å²) >= 11 is 5.65. The Labute approximate surface area is 168 Å². The van der Waals surface area contributed by atoms with Crippen LogP contribution in [-0.4, -0.2) is 42.3 Å². The molecule has 3 aromatic rings. The van der Waals surface area contributed by atoms with Crippen LogP contribution in [0.25, 0.3) is 11.4 Å². The highest BCUT2D eigenvalue weighted by Crippen LogP contribution is 2.28. The zero-order valence-corrected chi connectivity index (χ0v) is 15.4. The van der Waals surface area contributed by atoms with Crippen molar-refractivity contribution in [2.45, 2.75) is 19.0 Å². The number of aromatic nitrogens is 5. The van der Waals surface area contributed by atoms with E-state index in [1.165, 1.54) is 24.4 Å². The molecule has 0 aliphatic carbocycles. The SMILES string of the molecule is N#Cc1cc(Oc2ncc(Cl)cc2F)ccc1-c1nnn(CC(N)CC(=O)O)n1. The summed E-state index contributed by atoms with van der Waals surface area (Å²) in [6, 6.07) is 6.73. The number of nitrogens with two attached hydrogens (primary N) is 1. The minimum atomic E-state index is -1.04. The van der Waals surface area contributed by atoms with Gasteiger partial charge in [-0.3, -0.25) is 4.79 Å². The van der Waals surface area contributed by atoms with Crippen LogP contribution in [0.15, 0.2) is 30.5 Å². The summed E-state index contributed by atoms with van der Waals surface area (Å²) in [5.74, 6) is -1.75. The number of tetrazole rings is 1. The van der Waals surface area contributed by atoms with Crippen LogP contribution < -0.4 is 10.5 Å². The summed E-state index contributed by atoms with van der Waals surface area (Å²) < 4.78 is 19.2. The van der Waals surface area contributed by atoms with Crippen molar-refractivity contribution in [1.29, 1.82) is 5.26 Å². The summed E-state index contributed by atoms with van der Waals surface area (Å²) in [5.41, 5.74) is 6.22. The first kappa shape index (κ1) is 20.1. The lowest BCUT2D eigenvalue weighted by molar-refractivity contribution is -0.137. The summed E-state index contributed by atoms with van der Waals surface area (Å²) in [6.07, 6.45) is 0.985. The van der Waals surface area contributed by atoms with Crippen molar-refractivity contribution in [3.8, 4) is 29.1 Å². The van der Waals surface area contributed by atoms with Crippen LogP contribution in [0.1, 0.15) is 12.0 Å². The standard InChI is InChI=1S/C17H13ClFN7O3/c18-10-4-14(19)17(22-7-10)29-12-1-2-13(9(3-12)6-20)16-23-25-26(24-16)8-11(21)5-15(27)28/h1-4,7,11H,5,8,21H2,(H,27,28). The number of nitrogens with zero attached hydrogens (tertiary/aromatic N) is 6. The molecule has 0 radical (unpaired) electrons. The minimum Gasteiger partial charge on any atom is -0.481 e. The number of pyridine rings is 1. The molecule has 0 aliphatic rings. The van der Waals surface area contributed by atoms with E-state index in [0.29, 0.717) is 5.56 Å². The average molecular weight is 418 g/mol. The van der Waals surface area contributed by atoms with Gasteiger partial charge in [0.2, 0.25) is 5.82 Å². The normalized spacial score (nSPS) is 11.7. The number of ether oxygens (including phenoxy) is 1. The Morgan fingerprint density at radius 3 is 2.93 bits per heavy atom. The van der Waals surface area contributed by atoms with E-state index in [0.717, 1.165) is 10.9 Å². The van der Waals surface area contributed by atoms with Crippen molar-refractivity contribution >= 4 is 17.6 Å². The number of carboxylic acid groups (broad SMARTS) is 1. The topological polar surface area (TPSA) is 153 Å². The molecule has 12 heteroatoms. The smallest absolute Gasteiger partial charge is 0.304 e. The lowest BCUT2D eigenvalue weighted by Gasteiger charge is -2.08. The lowest BCUT2D eigenvalue weighted by atomic mass is 10.1. The summed E-state index contributed by atoms with van der Waals surface area (Å²) in [6.45, 7) is 0.0455. The molecule has 29 heavy (non-hydrogen) atoms. The maximum Gasteiger partial charge on any atom is 0.304 e. The highest BCUT2D eigenvalue weighted by molar-refractivity contribution is 6.30. The number of hydrogen-bond acceptors (Lipinski definition) is 8. The van der Waals surface area contributed by atoms with Gasteiger partial charge in [0.1, 0.15) is 11.8 Å². The van der Waals surface area contributed by atoms with E-state index in [9.17, 15) is 14.4 Å². The molecule has 1 atom stereocenters. The molecule has 2 aromatic heterocycles. The second-order valence-electron chi connectivity index (χ2n) is 5.89. The van der Waals surface area contributed by atoms with Crippen molar-refractivity contribution in [3.05, 3.63) is 46.9 Å². The summed E-state index contributed by atoms with van der Waals surface area (Å²) in [4.78, 5) is 15.6. The van der Waals surface area contributed by atoms with E-state index < -0.39 is 17.8 Å². The van der Waals surface area contributed by atoms with Gasteiger partial charge < -0.3 is 15.6 Å². The van der Waals surface area contributed by atoms with E-state index in [1.807, 2.05) is 6.07 Å². The molecule has 3 N–H and O–H groups in total. The molecule has 0 fully saturated rings. The fourth-order valence-electron chi connectivity index (χ4n) is 2.39. The van der Waals surface area contributed by atoms with Crippen LogP contribution in [0.3, 0.4) is 0 Å². The Hall–Kier alpha value is -3.62. The van der Waals surface area contributed by atoms with Crippen LogP contribution in [0.2, 0.25) is 5.02 Å². The van der Waals surface area contributed by atoms with Gasteiger partial charge >= 0.3 is 5.97 Å². The third-order valence-corrected chi connectivity index (χ3v) is 3.84. The maximum atomic E-state index is 13.8. The zero-order valence-electron chi connectivity index (χ0n) is 14.7. The van der Waals surface area contributed by atoms with E-state index in [-0.39, 0.29) is 41.0 Å². The first-order chi connectivity index (χ1) is 13.9. The molecule has 1 aromatic carbocycles. The van der Waals surface area contributed by atoms with Crippen molar-refractivity contribution in [2.75, 3.05) is 0 Å². The number of aliphatic carboxylic acids is 1. The number of carboxylic acids is 1. The number of nitriles is 1. The van der Waals surface area contributed by atoms with Gasteiger partial charge in [-0.05, 0) is 29.5 Å². The fraction of sp³-hybridized carbons (Fsp3) is 0.176. The molecule has 1 unspecified atom stereocenters. The van der Waals surface area contributed by atoms with Crippen molar-refractivity contribution in [3.63, 3.8) is 0 Å². The van der Waals surface area contributed by atoms with Gasteiger partial charge in [0.25, 0.3) is 5.88 Å². The molecule has 3 rings (SSSR count). The Morgan fingerprint density at radius 1 is 1.45 bits per heavy atom. The molecule has 148 valence electrons. The number of rotatable bonds is 7. The van der Waals surface area contributed by atoms with Crippen molar-refractivity contribution < 1.29 is 19.0 Å². The molecule has 0 aliphatic heterocycles. The predicted octanol–water partition coefficient (Wildman–Crippen LogP) is 1.99. The van der Waals surface area contributed by atoms with Gasteiger partial charge in [0, 0.05) is 17.8 Å². The Balaban J connectivity index is 1.81. The fourth-order valence-corrected chi connectivity index (χ4v) is 2.53. The average Bonchev–Trinajstić information content (AvgIpc) is 3.11. The van der Waals surface area contributed by atoms with E-state index >= 15 is 0 Å². The third-order valence-electron chi connectivity index (χ3n) is 3.63. The maximum absolute atomic E-state index is 13.8. The Bertz CT molecular complexity index is 1100. The third kappa shape index (κ3) is 5.01. The summed E-state index contributed by atoms with van der Waals surface area (Å²) in [5, 5.41) is 30.1. The van der Waals surface area contributed by atoms with E-state index in [4.69, 9.17) is 27.2 Å². The van der Waals surface area contributed by atoms with Crippen molar-refractivity contribution in [2.24, 2.45) is 5.73 Å². The van der Waals surface area contributed by atoms with Crippen LogP contribution in [0, 0.1) is 17.1 Å². The molecule has 10 nitrogen and oxygen atoms in total. The Morgan fingerprint density at radius 2 is 2.24 bits per heavy atom. The number of carbonyl (C=O) groups is 1. The number of hydrogen-bond donors (Lipinski definition) is 2. The zero-order chi connectivity index (χ0) is 21.0. The molecule has 0 bridgehead atoms. The number of halogens is 2. The monoisotopic (exact) mass is 417 g/mol. The predicted molar refractivity (Wildman–Crippen MR) is 97.5 cm³/mol. The minimum absolute atomic E-state index is 0.0455. The highest BCUT2D eigenvalue weighted by Gasteiger charge is 2.16. The lowest BCUT2D eigenvalue weighted by Crippen LogP contribution is -2.30. The number of benzene rings is 1. The van der Waals surface area contributed by atoms with Crippen LogP contribution >= 0.6 is 11.6 Å². The van der Waals surface area contributed by atoms with Crippen LogP contribution in [0.4, 0.5) is 4.39 Å². The van der Waals surface area contributed by atoms with Gasteiger partial charge in [-0.15, -0.1) is 10.2 Å². The van der Waals surface area contributed by atoms with Crippen LogP contribution in [0.5, 0.6) is 11.6 Å².